The summed E-state index contributed by atoms with van der Waals surface area (Å²) in [6.07, 6.45) is 0. The molecule has 0 saturated heterocycles. The minimum Gasteiger partial charge on any atom is -0.251 e. The highest BCUT2D eigenvalue weighted by Gasteiger charge is 2.16. The lowest BCUT2D eigenvalue weighted by Crippen LogP contribution is -1.95. The van der Waals surface area contributed by atoms with Crippen LogP contribution < -0.4 is 0 Å². The maximum absolute atomic E-state index is 5.36. The van der Waals surface area contributed by atoms with Gasteiger partial charge in [0.25, 0.3) is 0 Å². The van der Waals surface area contributed by atoms with Crippen LogP contribution in [0.5, 0.6) is 0 Å². The molecular weight excluding hydrogens is 577 g/mol. The highest BCUT2D eigenvalue weighted by Crippen LogP contribution is 2.41. The van der Waals surface area contributed by atoms with Crippen LogP contribution in [0.3, 0.4) is 0 Å². The minimum absolute atomic E-state index is 0.925. The number of benzene rings is 6. The molecule has 46 heavy (non-hydrogen) atoms. The van der Waals surface area contributed by atoms with Crippen molar-refractivity contribution in [3.8, 4) is 44.6 Å². The molecule has 0 spiro atoms. The van der Waals surface area contributed by atoms with E-state index in [1.807, 2.05) is 11.3 Å². The van der Waals surface area contributed by atoms with E-state index in [4.69, 9.17) is 9.97 Å². The van der Waals surface area contributed by atoms with Crippen LogP contribution >= 0.6 is 11.3 Å². The van der Waals surface area contributed by atoms with Crippen LogP contribution in [0.4, 0.5) is 0 Å². The van der Waals surface area contributed by atoms with Gasteiger partial charge in [0, 0.05) is 42.2 Å². The van der Waals surface area contributed by atoms with Gasteiger partial charge in [-0.15, -0.1) is 11.3 Å². The fourth-order valence-corrected chi connectivity index (χ4v) is 8.00. The third kappa shape index (κ3) is 4.40. The number of thiophene rings is 1. The first kappa shape index (κ1) is 26.7. The molecule has 0 N–H and O–H groups in total. The van der Waals surface area contributed by atoms with Crippen LogP contribution in [-0.4, -0.2) is 9.97 Å². The summed E-state index contributed by atoms with van der Waals surface area (Å²) in [4.78, 5) is 10.5. The Morgan fingerprint density at radius 3 is 1.70 bits per heavy atom. The fourth-order valence-electron chi connectivity index (χ4n) is 6.76. The summed E-state index contributed by atoms with van der Waals surface area (Å²) in [6.45, 7) is 2.07. The average Bonchev–Trinajstić information content (AvgIpc) is 3.51. The molecule has 0 fully saturated rings. The molecule has 0 saturated carbocycles. The molecule has 3 heteroatoms. The van der Waals surface area contributed by atoms with Crippen molar-refractivity contribution in [2.45, 2.75) is 6.92 Å². The molecule has 0 aliphatic heterocycles. The van der Waals surface area contributed by atoms with Crippen molar-refractivity contribution in [1.82, 2.24) is 9.97 Å². The Bertz CT molecular complexity index is 2570. The largest absolute Gasteiger partial charge is 0.251 e. The highest BCUT2D eigenvalue weighted by atomic mass is 32.1. The van der Waals surface area contributed by atoms with E-state index in [9.17, 15) is 0 Å². The van der Waals surface area contributed by atoms with Crippen LogP contribution in [0.1, 0.15) is 5.69 Å². The number of hydrogen-bond donors (Lipinski definition) is 0. The second-order valence-corrected chi connectivity index (χ2v) is 12.9. The van der Waals surface area contributed by atoms with Crippen LogP contribution in [0.15, 0.2) is 152 Å². The lowest BCUT2D eigenvalue weighted by molar-refractivity contribution is 1.25. The Kier molecular flexibility index (Phi) is 6.25. The Morgan fingerprint density at radius 2 is 0.978 bits per heavy atom. The fraction of sp³-hybridized carbons (Fsp3) is 0.0233. The van der Waals surface area contributed by atoms with E-state index in [0.29, 0.717) is 0 Å². The van der Waals surface area contributed by atoms with Gasteiger partial charge in [-0.3, -0.25) is 4.98 Å². The molecule has 6 aromatic carbocycles. The normalized spacial score (nSPS) is 11.6. The molecule has 3 aromatic heterocycles. The molecule has 0 bridgehead atoms. The van der Waals surface area contributed by atoms with Crippen LogP contribution in [0.25, 0.3) is 86.6 Å². The third-order valence-corrected chi connectivity index (χ3v) is 10.2. The Balaban J connectivity index is 1.24. The molecule has 0 aliphatic rings. The molecule has 3 heterocycles. The molecule has 0 amide bonds. The second-order valence-electron chi connectivity index (χ2n) is 11.8. The molecule has 0 radical (unpaired) electrons. The summed E-state index contributed by atoms with van der Waals surface area (Å²) in [5.74, 6) is 0. The standard InChI is InChI=1S/C43H28N2S/c1-27-25-37(28-11-4-2-5-12-28)34-23-24-35-38(29-13-6-3-7-14-29)26-39(45-42(35)41(34)44-27)31-21-19-30(20-22-31)32-16-10-17-36-33-15-8-9-18-40(33)46-43(32)36/h2-26H,1H3. The first-order valence-electron chi connectivity index (χ1n) is 15.6. The van der Waals surface area contributed by atoms with Crippen LogP contribution in [-0.2, 0) is 0 Å². The van der Waals surface area contributed by atoms with Crippen molar-refractivity contribution >= 4 is 53.3 Å². The summed E-state index contributed by atoms with van der Waals surface area (Å²) in [5, 5.41) is 4.85. The van der Waals surface area contributed by atoms with E-state index < -0.39 is 0 Å². The molecule has 9 rings (SSSR count). The summed E-state index contributed by atoms with van der Waals surface area (Å²) in [6, 6.07) is 54.3. The van der Waals surface area contributed by atoms with E-state index in [0.717, 1.165) is 44.3 Å². The van der Waals surface area contributed by atoms with Gasteiger partial charge in [-0.1, -0.05) is 133 Å². The van der Waals surface area contributed by atoms with Crippen molar-refractivity contribution in [1.29, 1.82) is 0 Å². The number of fused-ring (bicyclic) bond motifs is 6. The predicted molar refractivity (Wildman–Crippen MR) is 196 cm³/mol. The van der Waals surface area contributed by atoms with Crippen molar-refractivity contribution in [3.05, 3.63) is 157 Å². The minimum atomic E-state index is 0.925. The summed E-state index contributed by atoms with van der Waals surface area (Å²) >= 11 is 1.87. The van der Waals surface area contributed by atoms with Gasteiger partial charge in [0.2, 0.25) is 0 Å². The highest BCUT2D eigenvalue weighted by molar-refractivity contribution is 7.26. The molecule has 9 aromatic rings. The molecule has 216 valence electrons. The van der Waals surface area contributed by atoms with Gasteiger partial charge in [-0.2, -0.15) is 0 Å². The van der Waals surface area contributed by atoms with Gasteiger partial charge in [0.1, 0.15) is 0 Å². The number of nitrogens with zero attached hydrogens (tertiary/aromatic N) is 2. The zero-order chi connectivity index (χ0) is 30.6. The predicted octanol–water partition coefficient (Wildman–Crippen LogP) is 12.1. The second kappa shape index (κ2) is 10.8. The van der Waals surface area contributed by atoms with E-state index in [1.54, 1.807) is 0 Å². The van der Waals surface area contributed by atoms with Crippen LogP contribution in [0.2, 0.25) is 0 Å². The zero-order valence-corrected chi connectivity index (χ0v) is 26.1. The van der Waals surface area contributed by atoms with Gasteiger partial charge < -0.3 is 0 Å². The van der Waals surface area contributed by atoms with Gasteiger partial charge in [0.15, 0.2) is 0 Å². The van der Waals surface area contributed by atoms with Crippen molar-refractivity contribution in [2.75, 3.05) is 0 Å². The first-order valence-corrected chi connectivity index (χ1v) is 16.4. The number of aryl methyl sites for hydroxylation is 1. The molecule has 0 unspecified atom stereocenters. The quantitative estimate of drug-likeness (QED) is 0.187. The number of hydrogen-bond acceptors (Lipinski definition) is 3. The topological polar surface area (TPSA) is 25.8 Å². The van der Waals surface area contributed by atoms with E-state index in [1.165, 1.54) is 48.0 Å². The lowest BCUT2D eigenvalue weighted by Gasteiger charge is -2.15. The van der Waals surface area contributed by atoms with Crippen molar-refractivity contribution < 1.29 is 0 Å². The molecular formula is C43H28N2S. The summed E-state index contributed by atoms with van der Waals surface area (Å²) in [5.41, 5.74) is 12.0. The maximum atomic E-state index is 5.36. The van der Waals surface area contributed by atoms with Gasteiger partial charge >= 0.3 is 0 Å². The SMILES string of the molecule is Cc1cc(-c2ccccc2)c2ccc3c(-c4ccccc4)cc(-c4ccc(-c5cccc6c5sc5ccccc56)cc4)nc3c2n1. The summed E-state index contributed by atoms with van der Waals surface area (Å²) < 4.78 is 2.65. The average molecular weight is 605 g/mol. The zero-order valence-electron chi connectivity index (χ0n) is 25.2. The molecule has 2 nitrogen and oxygen atoms in total. The van der Waals surface area contributed by atoms with Gasteiger partial charge in [-0.05, 0) is 58.5 Å². The summed E-state index contributed by atoms with van der Waals surface area (Å²) in [7, 11) is 0. The molecule has 0 aliphatic carbocycles. The van der Waals surface area contributed by atoms with E-state index in [2.05, 4.69) is 159 Å². The number of aromatic nitrogens is 2. The van der Waals surface area contributed by atoms with E-state index >= 15 is 0 Å². The van der Waals surface area contributed by atoms with Crippen molar-refractivity contribution in [2.24, 2.45) is 0 Å². The van der Waals surface area contributed by atoms with E-state index in [-0.39, 0.29) is 0 Å². The monoisotopic (exact) mass is 604 g/mol. The van der Waals surface area contributed by atoms with Crippen molar-refractivity contribution in [3.63, 3.8) is 0 Å². The van der Waals surface area contributed by atoms with Crippen LogP contribution in [0, 0.1) is 6.92 Å². The number of rotatable bonds is 4. The maximum Gasteiger partial charge on any atom is 0.0978 e. The smallest absolute Gasteiger partial charge is 0.0978 e. The Morgan fingerprint density at radius 1 is 0.413 bits per heavy atom. The third-order valence-electron chi connectivity index (χ3n) is 8.95. The number of pyridine rings is 2. The Hall–Kier alpha value is -5.64. The first-order chi connectivity index (χ1) is 22.7. The lowest BCUT2D eigenvalue weighted by atomic mass is 9.94. The van der Waals surface area contributed by atoms with Gasteiger partial charge in [0.05, 0.1) is 16.7 Å². The Labute approximate surface area is 271 Å². The van der Waals surface area contributed by atoms with Gasteiger partial charge in [-0.25, -0.2) is 4.98 Å². The molecule has 0 atom stereocenters.